The molecule has 0 bridgehead atoms. The number of anilines is 1. The summed E-state index contributed by atoms with van der Waals surface area (Å²) in [6.07, 6.45) is 0. The number of fused-ring (bicyclic) bond motifs is 1. The summed E-state index contributed by atoms with van der Waals surface area (Å²) in [7, 11) is 0. The summed E-state index contributed by atoms with van der Waals surface area (Å²) < 4.78 is 5.85. The van der Waals surface area contributed by atoms with E-state index in [1.54, 1.807) is 0 Å². The molecule has 0 unspecified atom stereocenters. The Balaban J connectivity index is 1.70. The first-order chi connectivity index (χ1) is 11.0. The number of para-hydroxylation sites is 1. The molecule has 0 amide bonds. The Morgan fingerprint density at radius 2 is 1.96 bits per heavy atom. The molecule has 0 aliphatic heterocycles. The minimum atomic E-state index is -0.0399. The van der Waals surface area contributed by atoms with Gasteiger partial charge in [0.2, 0.25) is 0 Å². The Morgan fingerprint density at radius 3 is 2.74 bits per heavy atom. The fraction of sp³-hybridized carbons (Fsp3) is 0.167. The normalized spacial score (nSPS) is 12.1. The maximum atomic E-state index is 6.13. The maximum absolute atomic E-state index is 6.13. The summed E-state index contributed by atoms with van der Waals surface area (Å²) in [6, 6.07) is 15.6. The van der Waals surface area contributed by atoms with Crippen LogP contribution in [0.25, 0.3) is 11.0 Å². The molecule has 0 saturated heterocycles. The molecule has 0 fully saturated rings. The van der Waals surface area contributed by atoms with E-state index in [-0.39, 0.29) is 6.04 Å². The van der Waals surface area contributed by atoms with Crippen molar-refractivity contribution in [2.24, 2.45) is 0 Å². The van der Waals surface area contributed by atoms with Crippen LogP contribution < -0.4 is 10.6 Å². The van der Waals surface area contributed by atoms with E-state index in [1.165, 1.54) is 0 Å². The SMILES string of the molecule is Cc1c(Cl)cccc1NC(=S)N[C@H](C)c1cc2ccccc2o1. The van der Waals surface area contributed by atoms with E-state index in [1.807, 2.05) is 62.4 Å². The third-order valence-electron chi connectivity index (χ3n) is 3.73. The van der Waals surface area contributed by atoms with Gasteiger partial charge in [0, 0.05) is 16.1 Å². The van der Waals surface area contributed by atoms with Crippen molar-refractivity contribution in [1.29, 1.82) is 0 Å². The average molecular weight is 345 g/mol. The Kier molecular flexibility index (Phi) is 4.55. The number of hydrogen-bond acceptors (Lipinski definition) is 2. The topological polar surface area (TPSA) is 37.2 Å². The molecule has 118 valence electrons. The number of halogens is 1. The second-order valence-corrected chi connectivity index (χ2v) is 6.23. The zero-order valence-electron chi connectivity index (χ0n) is 12.9. The van der Waals surface area contributed by atoms with Crippen LogP contribution in [0.4, 0.5) is 5.69 Å². The van der Waals surface area contributed by atoms with Gasteiger partial charge in [-0.05, 0) is 55.9 Å². The van der Waals surface area contributed by atoms with Gasteiger partial charge in [-0.2, -0.15) is 0 Å². The van der Waals surface area contributed by atoms with Gasteiger partial charge in [-0.3, -0.25) is 0 Å². The lowest BCUT2D eigenvalue weighted by molar-refractivity contribution is 0.493. The molecular formula is C18H17ClN2OS. The van der Waals surface area contributed by atoms with E-state index in [0.29, 0.717) is 10.1 Å². The molecule has 0 spiro atoms. The standard InChI is InChI=1S/C18H17ClN2OS/c1-11-14(19)7-5-8-15(11)21-18(23)20-12(2)17-10-13-6-3-4-9-16(13)22-17/h3-10,12H,1-2H3,(H2,20,21,23)/t12-/m1/s1. The van der Waals surface area contributed by atoms with Crippen molar-refractivity contribution in [3.05, 3.63) is 64.9 Å². The number of benzene rings is 2. The molecule has 1 aromatic heterocycles. The second kappa shape index (κ2) is 6.60. The van der Waals surface area contributed by atoms with Gasteiger partial charge in [-0.15, -0.1) is 0 Å². The number of thiocarbonyl (C=S) groups is 1. The molecule has 3 aromatic rings. The Labute approximate surface area is 145 Å². The van der Waals surface area contributed by atoms with E-state index in [9.17, 15) is 0 Å². The molecule has 2 aromatic carbocycles. The van der Waals surface area contributed by atoms with Gasteiger partial charge >= 0.3 is 0 Å². The zero-order valence-corrected chi connectivity index (χ0v) is 14.5. The largest absolute Gasteiger partial charge is 0.459 e. The van der Waals surface area contributed by atoms with Crippen LogP contribution in [0.5, 0.6) is 0 Å². The predicted octanol–water partition coefficient (Wildman–Crippen LogP) is 5.44. The van der Waals surface area contributed by atoms with Gasteiger partial charge in [0.25, 0.3) is 0 Å². The average Bonchev–Trinajstić information content (AvgIpc) is 2.96. The van der Waals surface area contributed by atoms with E-state index >= 15 is 0 Å². The third kappa shape index (κ3) is 3.49. The molecule has 1 atom stereocenters. The maximum Gasteiger partial charge on any atom is 0.171 e. The second-order valence-electron chi connectivity index (χ2n) is 5.42. The highest BCUT2D eigenvalue weighted by Crippen LogP contribution is 2.25. The van der Waals surface area contributed by atoms with Crippen LogP contribution in [0.3, 0.4) is 0 Å². The molecule has 0 aliphatic carbocycles. The lowest BCUT2D eigenvalue weighted by atomic mass is 10.2. The quantitative estimate of drug-likeness (QED) is 0.620. The van der Waals surface area contributed by atoms with E-state index in [0.717, 1.165) is 28.0 Å². The van der Waals surface area contributed by atoms with Crippen LogP contribution in [0.1, 0.15) is 24.3 Å². The Hall–Kier alpha value is -2.04. The van der Waals surface area contributed by atoms with Gasteiger partial charge in [-0.25, -0.2) is 0 Å². The summed E-state index contributed by atoms with van der Waals surface area (Å²) in [5.41, 5.74) is 2.74. The highest BCUT2D eigenvalue weighted by molar-refractivity contribution is 7.80. The molecule has 0 aliphatic rings. The summed E-state index contributed by atoms with van der Waals surface area (Å²) in [6.45, 7) is 3.96. The van der Waals surface area contributed by atoms with Gasteiger partial charge in [0.15, 0.2) is 5.11 Å². The van der Waals surface area contributed by atoms with Crippen molar-refractivity contribution >= 4 is 45.6 Å². The fourth-order valence-electron chi connectivity index (χ4n) is 2.38. The monoisotopic (exact) mass is 344 g/mol. The van der Waals surface area contributed by atoms with E-state index in [4.69, 9.17) is 28.2 Å². The van der Waals surface area contributed by atoms with Crippen LogP contribution in [0.2, 0.25) is 5.02 Å². The first-order valence-electron chi connectivity index (χ1n) is 7.35. The van der Waals surface area contributed by atoms with Crippen LogP contribution in [-0.4, -0.2) is 5.11 Å². The number of rotatable bonds is 3. The first-order valence-corrected chi connectivity index (χ1v) is 8.14. The minimum Gasteiger partial charge on any atom is -0.459 e. The molecule has 0 radical (unpaired) electrons. The Morgan fingerprint density at radius 1 is 1.17 bits per heavy atom. The van der Waals surface area contributed by atoms with Gasteiger partial charge in [0.05, 0.1) is 6.04 Å². The molecule has 23 heavy (non-hydrogen) atoms. The summed E-state index contributed by atoms with van der Waals surface area (Å²) in [4.78, 5) is 0. The van der Waals surface area contributed by atoms with Gasteiger partial charge < -0.3 is 15.1 Å². The lowest BCUT2D eigenvalue weighted by Crippen LogP contribution is -2.30. The van der Waals surface area contributed by atoms with Crippen LogP contribution in [0, 0.1) is 6.92 Å². The van der Waals surface area contributed by atoms with Crippen LogP contribution in [0.15, 0.2) is 52.9 Å². The van der Waals surface area contributed by atoms with Gasteiger partial charge in [0.1, 0.15) is 11.3 Å². The number of hydrogen-bond donors (Lipinski definition) is 2. The van der Waals surface area contributed by atoms with Crippen molar-refractivity contribution in [1.82, 2.24) is 5.32 Å². The van der Waals surface area contributed by atoms with Crippen LogP contribution in [-0.2, 0) is 0 Å². The first kappa shape index (κ1) is 15.8. The van der Waals surface area contributed by atoms with E-state index < -0.39 is 0 Å². The molecule has 0 saturated carbocycles. The zero-order chi connectivity index (χ0) is 16.4. The molecule has 3 rings (SSSR count). The number of furan rings is 1. The smallest absolute Gasteiger partial charge is 0.171 e. The molecule has 1 heterocycles. The summed E-state index contributed by atoms with van der Waals surface area (Å²) in [5, 5.41) is 8.74. The van der Waals surface area contributed by atoms with Crippen LogP contribution >= 0.6 is 23.8 Å². The van der Waals surface area contributed by atoms with Crippen molar-refractivity contribution in [3.8, 4) is 0 Å². The van der Waals surface area contributed by atoms with Crippen molar-refractivity contribution in [3.63, 3.8) is 0 Å². The third-order valence-corrected chi connectivity index (χ3v) is 4.36. The summed E-state index contributed by atoms with van der Waals surface area (Å²) >= 11 is 11.5. The van der Waals surface area contributed by atoms with Gasteiger partial charge in [-0.1, -0.05) is 35.9 Å². The molecule has 2 N–H and O–H groups in total. The van der Waals surface area contributed by atoms with Crippen molar-refractivity contribution in [2.45, 2.75) is 19.9 Å². The lowest BCUT2D eigenvalue weighted by Gasteiger charge is -2.16. The van der Waals surface area contributed by atoms with Crippen molar-refractivity contribution < 1.29 is 4.42 Å². The summed E-state index contributed by atoms with van der Waals surface area (Å²) in [5.74, 6) is 0.846. The van der Waals surface area contributed by atoms with Crippen molar-refractivity contribution in [2.75, 3.05) is 5.32 Å². The highest BCUT2D eigenvalue weighted by Gasteiger charge is 2.13. The predicted molar refractivity (Wildman–Crippen MR) is 100 cm³/mol. The number of nitrogens with one attached hydrogen (secondary N) is 2. The minimum absolute atomic E-state index is 0.0399. The molecule has 3 nitrogen and oxygen atoms in total. The fourth-order valence-corrected chi connectivity index (χ4v) is 2.85. The molecule has 5 heteroatoms. The van der Waals surface area contributed by atoms with E-state index in [2.05, 4.69) is 10.6 Å². The highest BCUT2D eigenvalue weighted by atomic mass is 35.5. The Bertz CT molecular complexity index is 826. The molecular weight excluding hydrogens is 328 g/mol.